The third kappa shape index (κ3) is 3.93. The maximum atomic E-state index is 13.4. The first kappa shape index (κ1) is 24.7. The van der Waals surface area contributed by atoms with Gasteiger partial charge in [0, 0.05) is 11.8 Å². The molecule has 4 unspecified atom stereocenters. The first-order valence-electron chi connectivity index (χ1n) is 13.7. The predicted octanol–water partition coefficient (Wildman–Crippen LogP) is 3.33. The smallest absolute Gasteiger partial charge is 0.338 e. The van der Waals surface area contributed by atoms with Crippen LogP contribution in [0, 0.1) is 35.5 Å². The van der Waals surface area contributed by atoms with Gasteiger partial charge in [-0.1, -0.05) is 0 Å². The minimum atomic E-state index is -4.73. The molecule has 0 spiro atoms. The van der Waals surface area contributed by atoms with Crippen LogP contribution in [0.25, 0.3) is 0 Å². The van der Waals surface area contributed by atoms with Gasteiger partial charge in [-0.15, -0.1) is 0 Å². The van der Waals surface area contributed by atoms with E-state index in [2.05, 4.69) is 0 Å². The molecule has 2 N–H and O–H groups in total. The fraction of sp³-hybridized carbons (Fsp3) is 0.679. The summed E-state index contributed by atoms with van der Waals surface area (Å²) >= 11 is 0. The molecule has 8 saturated carbocycles. The molecule has 0 saturated heterocycles. The van der Waals surface area contributed by atoms with Crippen LogP contribution in [-0.4, -0.2) is 53.1 Å². The zero-order valence-corrected chi connectivity index (χ0v) is 21.8. The molecule has 0 aliphatic heterocycles. The summed E-state index contributed by atoms with van der Waals surface area (Å²) in [6.45, 7) is 0. The maximum Gasteiger partial charge on any atom is 0.338 e. The highest BCUT2D eigenvalue weighted by Gasteiger charge is 2.58. The highest BCUT2D eigenvalue weighted by molar-refractivity contribution is 7.85. The number of benzene rings is 1. The summed E-state index contributed by atoms with van der Waals surface area (Å²) in [7, 11) is -4.73. The summed E-state index contributed by atoms with van der Waals surface area (Å²) < 4.78 is 45.9. The highest BCUT2D eigenvalue weighted by Crippen LogP contribution is 2.58. The van der Waals surface area contributed by atoms with Crippen LogP contribution in [0.2, 0.25) is 0 Å². The van der Waals surface area contributed by atoms with Crippen LogP contribution >= 0.6 is 0 Å². The number of esters is 2. The third-order valence-electron chi connectivity index (χ3n) is 10.4. The van der Waals surface area contributed by atoms with Crippen molar-refractivity contribution in [2.45, 2.75) is 86.4 Å². The lowest BCUT2D eigenvalue weighted by atomic mass is 9.53. The van der Waals surface area contributed by atoms with Crippen LogP contribution in [0.1, 0.15) is 84.9 Å². The van der Waals surface area contributed by atoms with Crippen molar-refractivity contribution in [3.8, 4) is 0 Å². The largest absolute Gasteiger partial charge is 0.455 e. The summed E-state index contributed by atoms with van der Waals surface area (Å²) in [4.78, 5) is 38.7. The van der Waals surface area contributed by atoms with Gasteiger partial charge in [0.1, 0.15) is 17.0 Å². The average Bonchev–Trinajstić information content (AvgIpc) is 2.83. The van der Waals surface area contributed by atoms with Crippen molar-refractivity contribution in [2.24, 2.45) is 35.5 Å². The van der Waals surface area contributed by atoms with E-state index < -0.39 is 38.2 Å². The molecule has 8 aliphatic carbocycles. The molecule has 8 aliphatic rings. The lowest BCUT2D eigenvalue weighted by Crippen LogP contribution is -2.58. The normalized spacial score (nSPS) is 42.4. The van der Waals surface area contributed by atoms with Crippen LogP contribution in [0.5, 0.6) is 0 Å². The molecular weight excluding hydrogens is 512 g/mol. The Morgan fingerprint density at radius 3 is 1.74 bits per heavy atom. The fourth-order valence-corrected chi connectivity index (χ4v) is 9.89. The standard InChI is InChI=1S/C28H32O9S/c29-23-18-1-14-2-19(23)11-27(8-14,10-18)36-25(31)16-5-17(7-22(6-16)38(33,34)35)26(32)37-28-9-15-3-20(12-28)24(30)21(4-15)13-28/h5-7,14-15,18-21,23,29H,1-4,8-13H2,(H,33,34,35). The number of rotatable bonds is 5. The monoisotopic (exact) mass is 544 g/mol. The minimum Gasteiger partial charge on any atom is -0.455 e. The van der Waals surface area contributed by atoms with E-state index in [4.69, 9.17) is 9.47 Å². The van der Waals surface area contributed by atoms with E-state index in [0.29, 0.717) is 50.4 Å². The quantitative estimate of drug-likeness (QED) is 0.421. The molecule has 9 nitrogen and oxygen atoms in total. The van der Waals surface area contributed by atoms with Crippen molar-refractivity contribution in [1.82, 2.24) is 0 Å². The number of ether oxygens (including phenoxy) is 2. The van der Waals surface area contributed by atoms with E-state index in [9.17, 15) is 32.5 Å². The number of carbonyl (C=O) groups is 3. The Morgan fingerprint density at radius 2 is 1.24 bits per heavy atom. The lowest BCUT2D eigenvalue weighted by Gasteiger charge is -2.57. The Balaban J connectivity index is 1.16. The molecule has 1 aromatic rings. The van der Waals surface area contributed by atoms with Crippen LogP contribution in [0.4, 0.5) is 0 Å². The zero-order chi connectivity index (χ0) is 26.6. The summed E-state index contributed by atoms with van der Waals surface area (Å²) in [5.74, 6) is -0.643. The van der Waals surface area contributed by atoms with Gasteiger partial charge in [0.2, 0.25) is 0 Å². The van der Waals surface area contributed by atoms with Crippen LogP contribution in [-0.2, 0) is 24.4 Å². The maximum absolute atomic E-state index is 13.4. The van der Waals surface area contributed by atoms with Crippen LogP contribution in [0.3, 0.4) is 0 Å². The number of aliphatic hydroxyl groups is 1. The topological polar surface area (TPSA) is 144 Å². The van der Waals surface area contributed by atoms with E-state index in [1.807, 2.05) is 0 Å². The van der Waals surface area contributed by atoms with Crippen molar-refractivity contribution in [3.63, 3.8) is 0 Å². The number of hydrogen-bond acceptors (Lipinski definition) is 8. The SMILES string of the molecule is O=C(OC12CC3CC(C1)C(=O)C(C3)C2)c1cc(C(=O)OC23CC4CC(C2)C(O)C(C4)C3)cc(S(=O)(=O)O)c1. The number of aliphatic hydroxyl groups excluding tert-OH is 1. The molecule has 8 bridgehead atoms. The molecule has 10 heteroatoms. The molecule has 9 rings (SSSR count). The summed E-state index contributed by atoms with van der Waals surface area (Å²) in [5, 5.41) is 10.5. The van der Waals surface area contributed by atoms with Crippen molar-refractivity contribution in [1.29, 1.82) is 0 Å². The van der Waals surface area contributed by atoms with E-state index in [-0.39, 0.29) is 46.7 Å². The second-order valence-electron chi connectivity index (χ2n) is 13.1. The van der Waals surface area contributed by atoms with Gasteiger partial charge in [0.05, 0.1) is 22.1 Å². The van der Waals surface area contributed by atoms with Crippen molar-refractivity contribution in [2.75, 3.05) is 0 Å². The zero-order valence-electron chi connectivity index (χ0n) is 21.0. The molecule has 204 valence electrons. The Kier molecular flexibility index (Phi) is 5.28. The van der Waals surface area contributed by atoms with Crippen LogP contribution in [0.15, 0.2) is 23.1 Å². The van der Waals surface area contributed by atoms with Gasteiger partial charge in [-0.2, -0.15) is 8.42 Å². The van der Waals surface area contributed by atoms with Gasteiger partial charge in [-0.3, -0.25) is 9.35 Å². The van der Waals surface area contributed by atoms with Crippen LogP contribution < -0.4 is 0 Å². The third-order valence-corrected chi connectivity index (χ3v) is 11.2. The number of hydrogen-bond donors (Lipinski definition) is 2. The van der Waals surface area contributed by atoms with Crippen molar-refractivity contribution < 1.29 is 41.9 Å². The first-order valence-corrected chi connectivity index (χ1v) is 15.2. The molecule has 0 radical (unpaired) electrons. The van der Waals surface area contributed by atoms with E-state index in [0.717, 1.165) is 37.8 Å². The molecule has 0 aromatic heterocycles. The molecule has 1 aromatic carbocycles. The predicted molar refractivity (Wildman–Crippen MR) is 131 cm³/mol. The summed E-state index contributed by atoms with van der Waals surface area (Å²) in [6.07, 6.45) is 6.53. The molecule has 8 fully saturated rings. The lowest BCUT2D eigenvalue weighted by molar-refractivity contribution is -0.177. The Labute approximate surface area is 221 Å². The Morgan fingerprint density at radius 1 is 0.763 bits per heavy atom. The van der Waals surface area contributed by atoms with Gasteiger partial charge in [0.25, 0.3) is 10.1 Å². The van der Waals surface area contributed by atoms with E-state index in [1.165, 1.54) is 6.07 Å². The molecule has 0 heterocycles. The minimum absolute atomic E-state index is 0.0795. The Bertz CT molecular complexity index is 1320. The molecule has 4 atom stereocenters. The van der Waals surface area contributed by atoms with Gasteiger partial charge in [0.15, 0.2) is 0 Å². The van der Waals surface area contributed by atoms with E-state index >= 15 is 0 Å². The number of carbonyl (C=O) groups excluding carboxylic acids is 3. The fourth-order valence-electron chi connectivity index (χ4n) is 9.34. The van der Waals surface area contributed by atoms with E-state index in [1.54, 1.807) is 0 Å². The molecule has 0 amide bonds. The molecule has 38 heavy (non-hydrogen) atoms. The number of ketones is 1. The summed E-state index contributed by atoms with van der Waals surface area (Å²) in [5.41, 5.74) is -1.79. The average molecular weight is 545 g/mol. The van der Waals surface area contributed by atoms with Gasteiger partial charge >= 0.3 is 11.9 Å². The van der Waals surface area contributed by atoms with Gasteiger partial charge in [-0.05, 0) is 106 Å². The second kappa shape index (κ2) is 8.11. The van der Waals surface area contributed by atoms with Gasteiger partial charge in [-0.25, -0.2) is 9.59 Å². The highest BCUT2D eigenvalue weighted by atomic mass is 32.2. The molecular formula is C28H32O9S. The Hall–Kier alpha value is -2.30. The second-order valence-corrected chi connectivity index (χ2v) is 14.5. The van der Waals surface area contributed by atoms with Gasteiger partial charge < -0.3 is 14.6 Å². The van der Waals surface area contributed by atoms with Crippen molar-refractivity contribution in [3.05, 3.63) is 29.3 Å². The first-order chi connectivity index (χ1) is 17.9. The summed E-state index contributed by atoms with van der Waals surface area (Å²) in [6, 6.07) is 3.30. The number of Topliss-reactive ketones (excluding diaryl/α,β-unsaturated/α-hetero) is 1. The van der Waals surface area contributed by atoms with Crippen molar-refractivity contribution >= 4 is 27.8 Å².